The predicted molar refractivity (Wildman–Crippen MR) is 71.9 cm³/mol. The van der Waals surface area contributed by atoms with E-state index in [1.54, 1.807) is 11.3 Å². The summed E-state index contributed by atoms with van der Waals surface area (Å²) in [5.41, 5.74) is 4.11. The second-order valence-corrected chi connectivity index (χ2v) is 6.04. The van der Waals surface area contributed by atoms with Crippen molar-refractivity contribution in [3.05, 3.63) is 21.9 Å². The third-order valence-electron chi connectivity index (χ3n) is 3.88. The van der Waals surface area contributed by atoms with Crippen molar-refractivity contribution in [2.24, 2.45) is 5.84 Å². The molecule has 4 heteroatoms. The SMILES string of the molecule is COC1(C(NN)c2csc(C)c2)CCCCC1. The topological polar surface area (TPSA) is 47.3 Å². The molecule has 0 bridgehead atoms. The molecule has 1 aliphatic carbocycles. The molecule has 17 heavy (non-hydrogen) atoms. The number of nitrogens with two attached hydrogens (primary N) is 1. The van der Waals surface area contributed by atoms with Crippen molar-refractivity contribution < 1.29 is 4.74 Å². The lowest BCUT2D eigenvalue weighted by atomic mass is 9.77. The van der Waals surface area contributed by atoms with Crippen molar-refractivity contribution in [2.75, 3.05) is 7.11 Å². The van der Waals surface area contributed by atoms with E-state index in [2.05, 4.69) is 23.8 Å². The van der Waals surface area contributed by atoms with E-state index in [-0.39, 0.29) is 11.6 Å². The summed E-state index contributed by atoms with van der Waals surface area (Å²) in [5, 5.41) is 2.19. The zero-order valence-electron chi connectivity index (χ0n) is 10.7. The van der Waals surface area contributed by atoms with Crippen LogP contribution in [0.5, 0.6) is 0 Å². The van der Waals surface area contributed by atoms with Crippen LogP contribution in [0.4, 0.5) is 0 Å². The summed E-state index contributed by atoms with van der Waals surface area (Å²) in [5.74, 6) is 5.78. The molecule has 96 valence electrons. The first kappa shape index (κ1) is 13.0. The van der Waals surface area contributed by atoms with E-state index in [1.807, 2.05) is 7.11 Å². The molecule has 2 rings (SSSR count). The van der Waals surface area contributed by atoms with Crippen molar-refractivity contribution in [3.8, 4) is 0 Å². The summed E-state index contributed by atoms with van der Waals surface area (Å²) in [6, 6.07) is 2.32. The normalized spacial score (nSPS) is 21.4. The Labute approximate surface area is 107 Å². The van der Waals surface area contributed by atoms with Crippen LogP contribution in [-0.4, -0.2) is 12.7 Å². The maximum atomic E-state index is 5.86. The maximum absolute atomic E-state index is 5.86. The van der Waals surface area contributed by atoms with Gasteiger partial charge in [0.25, 0.3) is 0 Å². The molecule has 1 fully saturated rings. The van der Waals surface area contributed by atoms with Gasteiger partial charge in [0.1, 0.15) is 0 Å². The Balaban J connectivity index is 2.26. The molecule has 1 atom stereocenters. The highest BCUT2D eigenvalue weighted by Crippen LogP contribution is 2.41. The van der Waals surface area contributed by atoms with Gasteiger partial charge < -0.3 is 4.74 Å². The molecule has 0 amide bonds. The molecule has 0 spiro atoms. The van der Waals surface area contributed by atoms with E-state index in [1.165, 1.54) is 29.7 Å². The molecule has 1 aromatic heterocycles. The number of hydrogen-bond acceptors (Lipinski definition) is 4. The minimum absolute atomic E-state index is 0.109. The molecule has 1 heterocycles. The molecular weight excluding hydrogens is 232 g/mol. The first-order valence-corrected chi connectivity index (χ1v) is 7.16. The molecule has 1 unspecified atom stereocenters. The summed E-state index contributed by atoms with van der Waals surface area (Å²) < 4.78 is 5.86. The Hall–Kier alpha value is -0.420. The van der Waals surface area contributed by atoms with Gasteiger partial charge >= 0.3 is 0 Å². The van der Waals surface area contributed by atoms with Gasteiger partial charge in [-0.05, 0) is 36.8 Å². The summed E-state index contributed by atoms with van der Waals surface area (Å²) in [4.78, 5) is 1.32. The van der Waals surface area contributed by atoms with Gasteiger partial charge in [-0.1, -0.05) is 19.3 Å². The quantitative estimate of drug-likeness (QED) is 0.641. The van der Waals surface area contributed by atoms with E-state index in [4.69, 9.17) is 10.6 Å². The number of methoxy groups -OCH3 is 1. The standard InChI is InChI=1S/C13H22N2OS/c1-10-8-11(9-17-10)12(15-14)13(16-2)6-4-3-5-7-13/h8-9,12,15H,3-7,14H2,1-2H3. The number of rotatable bonds is 4. The minimum atomic E-state index is -0.124. The molecule has 0 aliphatic heterocycles. The van der Waals surface area contributed by atoms with Crippen LogP contribution in [0.2, 0.25) is 0 Å². The van der Waals surface area contributed by atoms with Crippen LogP contribution in [0.25, 0.3) is 0 Å². The fraction of sp³-hybridized carbons (Fsp3) is 0.692. The van der Waals surface area contributed by atoms with Crippen molar-refractivity contribution in [1.29, 1.82) is 0 Å². The average Bonchev–Trinajstić information content (AvgIpc) is 2.78. The van der Waals surface area contributed by atoms with Crippen LogP contribution in [0.1, 0.15) is 48.6 Å². The predicted octanol–water partition coefficient (Wildman–Crippen LogP) is 2.91. The summed E-state index contributed by atoms with van der Waals surface area (Å²) >= 11 is 1.77. The van der Waals surface area contributed by atoms with Gasteiger partial charge in [0.15, 0.2) is 0 Å². The van der Waals surface area contributed by atoms with Crippen LogP contribution in [-0.2, 0) is 4.74 Å². The van der Waals surface area contributed by atoms with E-state index < -0.39 is 0 Å². The Morgan fingerprint density at radius 3 is 2.59 bits per heavy atom. The summed E-state index contributed by atoms with van der Waals surface area (Å²) in [6.45, 7) is 2.13. The second kappa shape index (κ2) is 5.48. The van der Waals surface area contributed by atoms with Gasteiger partial charge in [-0.2, -0.15) is 0 Å². The van der Waals surface area contributed by atoms with Crippen LogP contribution in [0, 0.1) is 6.92 Å². The lowest BCUT2D eigenvalue weighted by molar-refractivity contribution is -0.0687. The first-order valence-electron chi connectivity index (χ1n) is 6.28. The van der Waals surface area contributed by atoms with Crippen LogP contribution >= 0.6 is 11.3 Å². The molecule has 0 aromatic carbocycles. The van der Waals surface area contributed by atoms with Gasteiger partial charge in [-0.25, -0.2) is 0 Å². The highest BCUT2D eigenvalue weighted by molar-refractivity contribution is 7.10. The van der Waals surface area contributed by atoms with Gasteiger partial charge in [0.05, 0.1) is 11.6 Å². The lowest BCUT2D eigenvalue weighted by Crippen LogP contribution is -2.49. The molecule has 0 saturated heterocycles. The lowest BCUT2D eigenvalue weighted by Gasteiger charge is -2.42. The van der Waals surface area contributed by atoms with Crippen molar-refractivity contribution >= 4 is 11.3 Å². The highest BCUT2D eigenvalue weighted by atomic mass is 32.1. The molecular formula is C13H22N2OS. The molecule has 1 aliphatic rings. The average molecular weight is 254 g/mol. The smallest absolute Gasteiger partial charge is 0.0885 e. The summed E-state index contributed by atoms with van der Waals surface area (Å²) in [6.07, 6.45) is 5.95. The van der Waals surface area contributed by atoms with Crippen LogP contribution in [0.3, 0.4) is 0 Å². The number of thiophene rings is 1. The molecule has 0 radical (unpaired) electrons. The number of ether oxygens (including phenoxy) is 1. The van der Waals surface area contributed by atoms with E-state index in [0.717, 1.165) is 12.8 Å². The van der Waals surface area contributed by atoms with E-state index >= 15 is 0 Å². The Bertz CT molecular complexity index is 358. The van der Waals surface area contributed by atoms with E-state index in [0.29, 0.717) is 0 Å². The Morgan fingerprint density at radius 1 is 1.41 bits per heavy atom. The second-order valence-electron chi connectivity index (χ2n) is 4.92. The minimum Gasteiger partial charge on any atom is -0.376 e. The Morgan fingerprint density at radius 2 is 2.12 bits per heavy atom. The van der Waals surface area contributed by atoms with Crippen molar-refractivity contribution in [3.63, 3.8) is 0 Å². The zero-order chi connectivity index (χ0) is 12.3. The summed E-state index contributed by atoms with van der Waals surface area (Å²) in [7, 11) is 1.81. The zero-order valence-corrected chi connectivity index (χ0v) is 11.5. The third kappa shape index (κ3) is 2.55. The van der Waals surface area contributed by atoms with Gasteiger partial charge in [0, 0.05) is 12.0 Å². The molecule has 3 nitrogen and oxygen atoms in total. The van der Waals surface area contributed by atoms with Crippen LogP contribution < -0.4 is 11.3 Å². The maximum Gasteiger partial charge on any atom is 0.0885 e. The fourth-order valence-electron chi connectivity index (χ4n) is 2.93. The van der Waals surface area contributed by atoms with Crippen molar-refractivity contribution in [2.45, 2.75) is 50.7 Å². The van der Waals surface area contributed by atoms with Gasteiger partial charge in [0.2, 0.25) is 0 Å². The molecule has 1 saturated carbocycles. The fourth-order valence-corrected chi connectivity index (χ4v) is 3.66. The monoisotopic (exact) mass is 254 g/mol. The number of nitrogens with one attached hydrogen (secondary N) is 1. The van der Waals surface area contributed by atoms with E-state index in [9.17, 15) is 0 Å². The van der Waals surface area contributed by atoms with Crippen LogP contribution in [0.15, 0.2) is 11.4 Å². The number of aryl methyl sites for hydroxylation is 1. The largest absolute Gasteiger partial charge is 0.376 e. The highest BCUT2D eigenvalue weighted by Gasteiger charge is 2.40. The molecule has 1 aromatic rings. The van der Waals surface area contributed by atoms with Gasteiger partial charge in [-0.15, -0.1) is 11.3 Å². The number of hydrogen-bond donors (Lipinski definition) is 2. The first-order chi connectivity index (χ1) is 8.22. The molecule has 3 N–H and O–H groups in total. The Kier molecular flexibility index (Phi) is 4.20. The number of hydrazine groups is 1. The third-order valence-corrected chi connectivity index (χ3v) is 4.76. The van der Waals surface area contributed by atoms with Gasteiger partial charge in [-0.3, -0.25) is 11.3 Å². The van der Waals surface area contributed by atoms with Crippen molar-refractivity contribution in [1.82, 2.24) is 5.43 Å².